The second kappa shape index (κ2) is 13.5. The zero-order valence-corrected chi connectivity index (χ0v) is 20.6. The second-order valence-corrected chi connectivity index (χ2v) is 10.7. The lowest BCUT2D eigenvalue weighted by atomic mass is 10.2. The quantitative estimate of drug-likeness (QED) is 0.192. The molecule has 0 aliphatic carbocycles. The first kappa shape index (κ1) is 24.7. The van der Waals surface area contributed by atoms with Gasteiger partial charge in [0.15, 0.2) is 0 Å². The zero-order chi connectivity index (χ0) is 24.0. The van der Waals surface area contributed by atoms with Gasteiger partial charge < -0.3 is 18.6 Å². The maximum Gasteiger partial charge on any atom is 0.501 e. The Morgan fingerprint density at radius 3 is 1.46 bits per heavy atom. The molecule has 4 rings (SSSR count). The lowest BCUT2D eigenvalue weighted by Crippen LogP contribution is -2.45. The number of hydrogen-bond acceptors (Lipinski definition) is 7. The van der Waals surface area contributed by atoms with E-state index in [1.165, 1.54) is 12.7 Å². The molecule has 35 heavy (non-hydrogen) atoms. The molecule has 0 saturated carbocycles. The summed E-state index contributed by atoms with van der Waals surface area (Å²) in [5.74, 6) is 0.549. The Bertz CT molecular complexity index is 1000. The van der Waals surface area contributed by atoms with E-state index in [9.17, 15) is 0 Å². The molecular formula is C27H30N4O3Si. The summed E-state index contributed by atoms with van der Waals surface area (Å²) >= 11 is 0. The Labute approximate surface area is 207 Å². The highest BCUT2D eigenvalue weighted by Gasteiger charge is 2.41. The molecule has 0 bridgehead atoms. The average Bonchev–Trinajstić information content (AvgIpc) is 2.94. The topological polar surface area (TPSA) is 78.4 Å². The summed E-state index contributed by atoms with van der Waals surface area (Å²) < 4.78 is 19.6. The van der Waals surface area contributed by atoms with Crippen molar-refractivity contribution in [2.75, 3.05) is 11.9 Å². The van der Waals surface area contributed by atoms with Crippen LogP contribution in [0.4, 0.5) is 5.95 Å². The Kier molecular flexibility index (Phi) is 9.49. The van der Waals surface area contributed by atoms with Gasteiger partial charge in [0.25, 0.3) is 0 Å². The van der Waals surface area contributed by atoms with Crippen LogP contribution in [0.25, 0.3) is 0 Å². The van der Waals surface area contributed by atoms with Gasteiger partial charge in [-0.15, -0.1) is 0 Å². The van der Waals surface area contributed by atoms with Crippen LogP contribution in [0.3, 0.4) is 0 Å². The maximum absolute atomic E-state index is 6.54. The van der Waals surface area contributed by atoms with Crippen LogP contribution in [0.1, 0.15) is 23.1 Å². The molecule has 0 amide bonds. The molecule has 0 radical (unpaired) electrons. The van der Waals surface area contributed by atoms with Crippen LogP contribution in [0.2, 0.25) is 6.04 Å². The summed E-state index contributed by atoms with van der Waals surface area (Å²) in [5, 5.41) is 3.23. The molecule has 0 fully saturated rings. The second-order valence-electron chi connectivity index (χ2n) is 8.00. The number of hydrogen-bond donors (Lipinski definition) is 1. The molecule has 1 N–H and O–H groups in total. The van der Waals surface area contributed by atoms with Crippen LogP contribution in [0.15, 0.2) is 104 Å². The average molecular weight is 487 g/mol. The monoisotopic (exact) mass is 486 g/mol. The normalized spacial score (nSPS) is 11.3. The molecule has 0 unspecified atom stereocenters. The molecule has 8 heteroatoms. The molecule has 1 aromatic heterocycles. The van der Waals surface area contributed by atoms with Gasteiger partial charge in [0, 0.05) is 12.6 Å². The SMILES string of the molecule is c1ccc(CO[Si](CCCNc2ncncn2)(OCc2ccccc2)OCc2ccccc2)cc1. The highest BCUT2D eigenvalue weighted by atomic mass is 28.4. The van der Waals surface area contributed by atoms with Gasteiger partial charge in [0.1, 0.15) is 12.7 Å². The smallest absolute Gasteiger partial charge is 0.369 e. The molecule has 180 valence electrons. The number of rotatable bonds is 14. The van der Waals surface area contributed by atoms with E-state index in [0.29, 0.717) is 38.4 Å². The lowest BCUT2D eigenvalue weighted by Gasteiger charge is -2.30. The number of aromatic nitrogens is 3. The maximum atomic E-state index is 6.54. The van der Waals surface area contributed by atoms with E-state index in [-0.39, 0.29) is 0 Å². The molecule has 0 atom stereocenters. The van der Waals surface area contributed by atoms with Crippen molar-refractivity contribution in [1.82, 2.24) is 15.0 Å². The van der Waals surface area contributed by atoms with Crippen LogP contribution in [-0.4, -0.2) is 30.3 Å². The predicted molar refractivity (Wildman–Crippen MR) is 137 cm³/mol. The summed E-state index contributed by atoms with van der Waals surface area (Å²) in [7, 11) is -3.08. The van der Waals surface area contributed by atoms with Gasteiger partial charge in [-0.05, 0) is 23.1 Å². The van der Waals surface area contributed by atoms with Crippen molar-refractivity contribution in [3.8, 4) is 0 Å². The van der Waals surface area contributed by atoms with Crippen LogP contribution in [-0.2, 0) is 33.1 Å². The fraction of sp³-hybridized carbons (Fsp3) is 0.222. The number of benzene rings is 3. The fourth-order valence-corrected chi connectivity index (χ4v) is 5.93. The van der Waals surface area contributed by atoms with Crippen molar-refractivity contribution in [3.63, 3.8) is 0 Å². The van der Waals surface area contributed by atoms with Crippen molar-refractivity contribution < 1.29 is 13.3 Å². The largest absolute Gasteiger partial charge is 0.501 e. The minimum absolute atomic E-state index is 0.428. The van der Waals surface area contributed by atoms with E-state index >= 15 is 0 Å². The van der Waals surface area contributed by atoms with Gasteiger partial charge in [-0.25, -0.2) is 15.0 Å². The van der Waals surface area contributed by atoms with E-state index in [1.807, 2.05) is 54.6 Å². The minimum atomic E-state index is -3.08. The fourth-order valence-electron chi connectivity index (χ4n) is 3.48. The summed E-state index contributed by atoms with van der Waals surface area (Å²) in [6.45, 7) is 1.95. The van der Waals surface area contributed by atoms with E-state index in [1.54, 1.807) is 0 Å². The molecule has 0 saturated heterocycles. The summed E-state index contributed by atoms with van der Waals surface area (Å²) in [6, 6.07) is 31.0. The first-order chi connectivity index (χ1) is 17.3. The minimum Gasteiger partial charge on any atom is -0.369 e. The van der Waals surface area contributed by atoms with Crippen LogP contribution in [0, 0.1) is 0 Å². The van der Waals surface area contributed by atoms with Crippen LogP contribution < -0.4 is 5.32 Å². The van der Waals surface area contributed by atoms with Gasteiger partial charge in [-0.1, -0.05) is 91.0 Å². The first-order valence-corrected chi connectivity index (χ1v) is 13.6. The van der Waals surface area contributed by atoms with E-state index < -0.39 is 8.80 Å². The van der Waals surface area contributed by atoms with Gasteiger partial charge in [-0.3, -0.25) is 0 Å². The Morgan fingerprint density at radius 1 is 0.600 bits per heavy atom. The molecule has 7 nitrogen and oxygen atoms in total. The van der Waals surface area contributed by atoms with Crippen molar-refractivity contribution in [2.45, 2.75) is 32.3 Å². The predicted octanol–water partition coefficient (Wildman–Crippen LogP) is 5.26. The number of anilines is 1. The summed E-state index contributed by atoms with van der Waals surface area (Å²) in [5.41, 5.74) is 3.25. The Morgan fingerprint density at radius 2 is 1.03 bits per heavy atom. The Balaban J connectivity index is 1.48. The number of nitrogens with zero attached hydrogens (tertiary/aromatic N) is 3. The van der Waals surface area contributed by atoms with Crippen molar-refractivity contribution >= 4 is 14.8 Å². The van der Waals surface area contributed by atoms with E-state index in [4.69, 9.17) is 13.3 Å². The molecule has 3 aromatic carbocycles. The molecule has 1 heterocycles. The Hall–Kier alpha value is -3.43. The summed E-state index contributed by atoms with van der Waals surface area (Å²) in [4.78, 5) is 12.1. The standard InChI is InChI=1S/C27H30N4O3Si/c1-4-11-24(12-5-1)19-32-35(33-20-25-13-6-2-7-14-25,34-21-26-15-8-3-9-16-26)18-10-17-29-27-30-22-28-23-31-27/h1-9,11-16,22-23H,10,17-21H2,(H,28,29,30,31). The van der Waals surface area contributed by atoms with E-state index in [2.05, 4.69) is 56.7 Å². The van der Waals surface area contributed by atoms with Crippen molar-refractivity contribution in [1.29, 1.82) is 0 Å². The first-order valence-electron chi connectivity index (χ1n) is 11.7. The van der Waals surface area contributed by atoms with Gasteiger partial charge in [0.2, 0.25) is 5.95 Å². The third-order valence-electron chi connectivity index (χ3n) is 5.34. The van der Waals surface area contributed by atoms with Crippen molar-refractivity contribution in [2.24, 2.45) is 0 Å². The van der Waals surface area contributed by atoms with Crippen molar-refractivity contribution in [3.05, 3.63) is 120 Å². The van der Waals surface area contributed by atoms with Crippen LogP contribution in [0.5, 0.6) is 0 Å². The summed E-state index contributed by atoms with van der Waals surface area (Å²) in [6.07, 6.45) is 3.73. The van der Waals surface area contributed by atoms with Gasteiger partial charge in [0.05, 0.1) is 19.8 Å². The highest BCUT2D eigenvalue weighted by Crippen LogP contribution is 2.24. The molecule has 4 aromatic rings. The van der Waals surface area contributed by atoms with Crippen LogP contribution >= 0.6 is 0 Å². The lowest BCUT2D eigenvalue weighted by molar-refractivity contribution is 0.0425. The molecule has 0 spiro atoms. The molecular weight excluding hydrogens is 456 g/mol. The third kappa shape index (κ3) is 8.38. The third-order valence-corrected chi connectivity index (χ3v) is 8.06. The molecule has 0 aliphatic heterocycles. The van der Waals surface area contributed by atoms with Gasteiger partial charge in [-0.2, -0.15) is 0 Å². The highest BCUT2D eigenvalue weighted by molar-refractivity contribution is 6.60. The number of nitrogens with one attached hydrogen (secondary N) is 1. The van der Waals surface area contributed by atoms with E-state index in [0.717, 1.165) is 23.1 Å². The molecule has 0 aliphatic rings. The van der Waals surface area contributed by atoms with Gasteiger partial charge >= 0.3 is 8.80 Å². The zero-order valence-electron chi connectivity index (χ0n) is 19.6.